The summed E-state index contributed by atoms with van der Waals surface area (Å²) in [6.45, 7) is 7.03. The molecule has 4 nitrogen and oxygen atoms in total. The van der Waals surface area contributed by atoms with Crippen molar-refractivity contribution in [1.82, 2.24) is 20.1 Å². The minimum absolute atomic E-state index is 0.469. The van der Waals surface area contributed by atoms with Gasteiger partial charge in [-0.05, 0) is 6.92 Å². The molecule has 2 aromatic rings. The lowest BCUT2D eigenvalue weighted by Crippen LogP contribution is -2.19. The van der Waals surface area contributed by atoms with E-state index in [1.807, 2.05) is 22.5 Å². The molecule has 0 fully saturated rings. The van der Waals surface area contributed by atoms with Crippen molar-refractivity contribution in [1.29, 1.82) is 0 Å². The maximum Gasteiger partial charge on any atom is 0.0965 e. The summed E-state index contributed by atoms with van der Waals surface area (Å²) < 4.78 is 1.95. The fraction of sp³-hybridized carbons (Fsp3) is 0.500. The van der Waals surface area contributed by atoms with E-state index in [4.69, 9.17) is 0 Å². The summed E-state index contributed by atoms with van der Waals surface area (Å²) in [6, 6.07) is 0. The normalized spacial score (nSPS) is 12.8. The maximum atomic E-state index is 4.32. The SMILES string of the molecule is CCn1cc(CNCC(C)c2nccs2)cn1. The largest absolute Gasteiger partial charge is 0.312 e. The summed E-state index contributed by atoms with van der Waals surface area (Å²) in [4.78, 5) is 4.32. The van der Waals surface area contributed by atoms with Gasteiger partial charge in [-0.25, -0.2) is 4.98 Å². The van der Waals surface area contributed by atoms with Crippen LogP contribution >= 0.6 is 11.3 Å². The Morgan fingerprint density at radius 1 is 1.53 bits per heavy atom. The summed E-state index contributed by atoms with van der Waals surface area (Å²) in [6.07, 6.45) is 5.87. The zero-order valence-electron chi connectivity index (χ0n) is 10.3. The van der Waals surface area contributed by atoms with Crippen LogP contribution in [-0.4, -0.2) is 21.3 Å². The van der Waals surface area contributed by atoms with E-state index in [2.05, 4.69) is 35.4 Å². The molecule has 17 heavy (non-hydrogen) atoms. The molecule has 0 aliphatic carbocycles. The number of aryl methyl sites for hydroxylation is 1. The van der Waals surface area contributed by atoms with Gasteiger partial charge in [-0.15, -0.1) is 11.3 Å². The van der Waals surface area contributed by atoms with Crippen LogP contribution in [0.2, 0.25) is 0 Å². The minimum atomic E-state index is 0.469. The first kappa shape index (κ1) is 12.3. The maximum absolute atomic E-state index is 4.32. The number of nitrogens with one attached hydrogen (secondary N) is 1. The second kappa shape index (κ2) is 5.93. The van der Waals surface area contributed by atoms with Crippen molar-refractivity contribution in [2.75, 3.05) is 6.54 Å². The van der Waals surface area contributed by atoms with E-state index in [9.17, 15) is 0 Å². The molecule has 0 amide bonds. The average Bonchev–Trinajstić information content (AvgIpc) is 3.00. The quantitative estimate of drug-likeness (QED) is 0.855. The van der Waals surface area contributed by atoms with Crippen molar-refractivity contribution in [3.8, 4) is 0 Å². The number of rotatable bonds is 6. The Kier molecular flexibility index (Phi) is 4.28. The highest BCUT2D eigenvalue weighted by atomic mass is 32.1. The fourth-order valence-electron chi connectivity index (χ4n) is 1.67. The van der Waals surface area contributed by atoms with Gasteiger partial charge in [0.25, 0.3) is 0 Å². The zero-order chi connectivity index (χ0) is 12.1. The van der Waals surface area contributed by atoms with Gasteiger partial charge in [-0.1, -0.05) is 6.92 Å². The van der Waals surface area contributed by atoms with Gasteiger partial charge >= 0.3 is 0 Å². The molecule has 0 saturated carbocycles. The van der Waals surface area contributed by atoms with Gasteiger partial charge in [0.2, 0.25) is 0 Å². The molecule has 2 heterocycles. The molecule has 1 atom stereocenters. The molecular weight excluding hydrogens is 232 g/mol. The van der Waals surface area contributed by atoms with Gasteiger partial charge in [-0.2, -0.15) is 5.10 Å². The minimum Gasteiger partial charge on any atom is -0.312 e. The van der Waals surface area contributed by atoms with Crippen LogP contribution in [0.4, 0.5) is 0 Å². The molecule has 0 aromatic carbocycles. The second-order valence-electron chi connectivity index (χ2n) is 4.11. The van der Waals surface area contributed by atoms with Crippen molar-refractivity contribution < 1.29 is 0 Å². The molecule has 0 aliphatic heterocycles. The summed E-state index contributed by atoms with van der Waals surface area (Å²) in [5, 5.41) is 10.9. The van der Waals surface area contributed by atoms with Crippen LogP contribution in [0.25, 0.3) is 0 Å². The van der Waals surface area contributed by atoms with Gasteiger partial charge in [0.05, 0.1) is 11.2 Å². The predicted molar refractivity (Wildman–Crippen MR) is 70.1 cm³/mol. The number of thiazole rings is 1. The summed E-state index contributed by atoms with van der Waals surface area (Å²) in [5.41, 5.74) is 1.23. The van der Waals surface area contributed by atoms with E-state index in [0.717, 1.165) is 19.6 Å². The first-order chi connectivity index (χ1) is 8.29. The molecule has 5 heteroatoms. The Labute approximate surface area is 106 Å². The van der Waals surface area contributed by atoms with E-state index in [0.29, 0.717) is 5.92 Å². The van der Waals surface area contributed by atoms with E-state index in [1.165, 1.54) is 10.6 Å². The Bertz CT molecular complexity index is 435. The third-order valence-electron chi connectivity index (χ3n) is 2.66. The molecule has 0 bridgehead atoms. The van der Waals surface area contributed by atoms with Gasteiger partial charge in [0.15, 0.2) is 0 Å². The fourth-order valence-corrected chi connectivity index (χ4v) is 2.37. The van der Waals surface area contributed by atoms with Gasteiger partial charge in [0, 0.05) is 48.9 Å². The summed E-state index contributed by atoms with van der Waals surface area (Å²) >= 11 is 1.72. The zero-order valence-corrected chi connectivity index (χ0v) is 11.1. The lowest BCUT2D eigenvalue weighted by atomic mass is 10.2. The molecule has 0 spiro atoms. The van der Waals surface area contributed by atoms with Crippen molar-refractivity contribution in [3.05, 3.63) is 34.5 Å². The van der Waals surface area contributed by atoms with Crippen molar-refractivity contribution in [2.24, 2.45) is 0 Å². The van der Waals surface area contributed by atoms with Crippen LogP contribution in [0, 0.1) is 0 Å². The summed E-state index contributed by atoms with van der Waals surface area (Å²) in [5.74, 6) is 0.469. The molecule has 2 aromatic heterocycles. The number of aromatic nitrogens is 3. The van der Waals surface area contributed by atoms with Gasteiger partial charge < -0.3 is 5.32 Å². The molecule has 0 radical (unpaired) electrons. The van der Waals surface area contributed by atoms with Crippen LogP contribution in [0.1, 0.15) is 30.3 Å². The van der Waals surface area contributed by atoms with Crippen LogP contribution in [0.15, 0.2) is 24.0 Å². The Morgan fingerprint density at radius 3 is 3.06 bits per heavy atom. The molecule has 92 valence electrons. The van der Waals surface area contributed by atoms with Crippen LogP contribution in [0.3, 0.4) is 0 Å². The standard InChI is InChI=1S/C12H18N4S/c1-3-16-9-11(8-15-16)7-13-6-10(2)12-14-4-5-17-12/h4-5,8-10,13H,3,6-7H2,1-2H3. The second-order valence-corrected chi connectivity index (χ2v) is 5.03. The Balaban J connectivity index is 1.76. The first-order valence-corrected chi connectivity index (χ1v) is 6.79. The van der Waals surface area contributed by atoms with E-state index in [1.54, 1.807) is 11.3 Å². The van der Waals surface area contributed by atoms with Crippen molar-refractivity contribution in [3.63, 3.8) is 0 Å². The lowest BCUT2D eigenvalue weighted by molar-refractivity contribution is 0.611. The average molecular weight is 250 g/mol. The van der Waals surface area contributed by atoms with E-state index < -0.39 is 0 Å². The van der Waals surface area contributed by atoms with Gasteiger partial charge in [-0.3, -0.25) is 4.68 Å². The molecule has 1 N–H and O–H groups in total. The van der Waals surface area contributed by atoms with Crippen molar-refractivity contribution >= 4 is 11.3 Å². The van der Waals surface area contributed by atoms with E-state index >= 15 is 0 Å². The topological polar surface area (TPSA) is 42.7 Å². The molecule has 0 aliphatic rings. The van der Waals surface area contributed by atoms with Crippen LogP contribution in [0.5, 0.6) is 0 Å². The number of hydrogen-bond donors (Lipinski definition) is 1. The number of hydrogen-bond acceptors (Lipinski definition) is 4. The van der Waals surface area contributed by atoms with Crippen molar-refractivity contribution in [2.45, 2.75) is 32.9 Å². The third-order valence-corrected chi connectivity index (χ3v) is 3.67. The molecule has 0 saturated heterocycles. The van der Waals surface area contributed by atoms with Gasteiger partial charge in [0.1, 0.15) is 0 Å². The number of nitrogens with zero attached hydrogens (tertiary/aromatic N) is 3. The predicted octanol–water partition coefficient (Wildman–Crippen LogP) is 2.25. The lowest BCUT2D eigenvalue weighted by Gasteiger charge is -2.08. The summed E-state index contributed by atoms with van der Waals surface area (Å²) in [7, 11) is 0. The smallest absolute Gasteiger partial charge is 0.0965 e. The van der Waals surface area contributed by atoms with Crippen LogP contribution < -0.4 is 5.32 Å². The molecule has 1 unspecified atom stereocenters. The van der Waals surface area contributed by atoms with E-state index in [-0.39, 0.29) is 0 Å². The highest BCUT2D eigenvalue weighted by Crippen LogP contribution is 2.16. The highest BCUT2D eigenvalue weighted by molar-refractivity contribution is 7.09. The molecule has 2 rings (SSSR count). The Hall–Kier alpha value is -1.20. The first-order valence-electron chi connectivity index (χ1n) is 5.91. The monoisotopic (exact) mass is 250 g/mol. The Morgan fingerprint density at radius 2 is 2.41 bits per heavy atom. The van der Waals surface area contributed by atoms with Crippen LogP contribution in [-0.2, 0) is 13.1 Å². The molecular formula is C12H18N4S. The third kappa shape index (κ3) is 3.38. The highest BCUT2D eigenvalue weighted by Gasteiger charge is 2.07.